The Labute approximate surface area is 229 Å². The Morgan fingerprint density at radius 3 is 1.97 bits per heavy atom. The van der Waals surface area contributed by atoms with Gasteiger partial charge < -0.3 is 14.9 Å². The van der Waals surface area contributed by atoms with Gasteiger partial charge in [-0.3, -0.25) is 0 Å². The first-order valence-corrected chi connectivity index (χ1v) is 18.4. The van der Waals surface area contributed by atoms with Gasteiger partial charge in [-0.15, -0.1) is 6.58 Å². The summed E-state index contributed by atoms with van der Waals surface area (Å²) in [6.45, 7) is 3.82. The molecule has 0 aliphatic heterocycles. The Hall–Kier alpha value is -0.617. The summed E-state index contributed by atoms with van der Waals surface area (Å²) in [5.74, 6) is 5.11. The second kappa shape index (κ2) is 17.8. The molecule has 0 spiro atoms. The molecule has 0 saturated heterocycles. The van der Waals surface area contributed by atoms with Crippen molar-refractivity contribution in [3.8, 4) is 0 Å². The van der Waals surface area contributed by atoms with Crippen molar-refractivity contribution in [1.82, 2.24) is 0 Å². The van der Waals surface area contributed by atoms with Gasteiger partial charge in [0.05, 0.1) is 0 Å². The number of hydrogen-bond donors (Lipinski definition) is 0. The first-order chi connectivity index (χ1) is 15.7. The third-order valence-corrected chi connectivity index (χ3v) is 7.45. The first-order valence-electron chi connectivity index (χ1n) is 12.1. The molecular formula is C31H42Cl2Zr. The predicted molar refractivity (Wildman–Crippen MR) is 150 cm³/mol. The van der Waals surface area contributed by atoms with Gasteiger partial charge >= 0.3 is 37.9 Å². The predicted octanol–water partition coefficient (Wildman–Crippen LogP) is 10.00. The molecule has 0 amide bonds. The van der Waals surface area contributed by atoms with Crippen LogP contribution in [0.2, 0.25) is 0 Å². The van der Waals surface area contributed by atoms with Crippen molar-refractivity contribution in [3.63, 3.8) is 0 Å². The fourth-order valence-electron chi connectivity index (χ4n) is 5.88. The molecule has 2 fully saturated rings. The fourth-order valence-corrected chi connectivity index (χ4v) is 5.88. The second-order valence-electron chi connectivity index (χ2n) is 9.40. The number of halogens is 2. The number of fused-ring (bicyclic) bond motifs is 2. The molecule has 1 aromatic rings. The van der Waals surface area contributed by atoms with Gasteiger partial charge in [0.1, 0.15) is 0 Å². The van der Waals surface area contributed by atoms with E-state index in [1.807, 2.05) is 0 Å². The molecule has 0 bridgehead atoms. The number of aryl methyl sites for hydroxylation is 1. The van der Waals surface area contributed by atoms with E-state index in [0.717, 1.165) is 35.5 Å². The molecule has 2 saturated carbocycles. The molecule has 4 aliphatic carbocycles. The van der Waals surface area contributed by atoms with Crippen LogP contribution in [0, 0.1) is 50.4 Å². The molecular weight excluding hydrogens is 534 g/mol. The Bertz CT molecular complexity index is 775. The van der Waals surface area contributed by atoms with Crippen molar-refractivity contribution in [2.75, 3.05) is 0 Å². The van der Waals surface area contributed by atoms with Crippen LogP contribution in [0.4, 0.5) is 0 Å². The van der Waals surface area contributed by atoms with Crippen molar-refractivity contribution in [2.24, 2.45) is 35.5 Å². The van der Waals surface area contributed by atoms with Gasteiger partial charge in [0, 0.05) is 0 Å². The van der Waals surface area contributed by atoms with Gasteiger partial charge in [-0.2, -0.15) is 0 Å². The van der Waals surface area contributed by atoms with Crippen molar-refractivity contribution in [1.29, 1.82) is 0 Å². The zero-order valence-corrected chi connectivity index (χ0v) is 24.9. The normalized spacial score (nSPS) is 29.0. The van der Waals surface area contributed by atoms with Crippen LogP contribution in [0.1, 0.15) is 44.1 Å². The summed E-state index contributed by atoms with van der Waals surface area (Å²) in [6, 6.07) is 10.9. The monoisotopic (exact) mass is 574 g/mol. The van der Waals surface area contributed by atoms with E-state index in [4.69, 9.17) is 17.0 Å². The zero-order chi connectivity index (χ0) is 22.6. The summed E-state index contributed by atoms with van der Waals surface area (Å²) in [4.78, 5) is 0. The third-order valence-electron chi connectivity index (χ3n) is 7.45. The molecule has 5 rings (SSSR count). The van der Waals surface area contributed by atoms with Gasteiger partial charge in [0.2, 0.25) is 0 Å². The average molecular weight is 577 g/mol. The summed E-state index contributed by atoms with van der Waals surface area (Å²) < 4.78 is 0. The van der Waals surface area contributed by atoms with Crippen molar-refractivity contribution in [3.05, 3.63) is 112 Å². The summed E-state index contributed by atoms with van der Waals surface area (Å²) in [5, 5.41) is 0. The van der Waals surface area contributed by atoms with E-state index in [9.17, 15) is 0 Å². The molecule has 5 unspecified atom stereocenters. The van der Waals surface area contributed by atoms with Crippen molar-refractivity contribution < 1.29 is 20.8 Å². The van der Waals surface area contributed by atoms with E-state index in [1.54, 1.807) is 0 Å². The van der Waals surface area contributed by atoms with Gasteiger partial charge in [0.15, 0.2) is 0 Å². The van der Waals surface area contributed by atoms with Crippen LogP contribution in [-0.4, -0.2) is 0 Å². The molecule has 1 aromatic carbocycles. The van der Waals surface area contributed by atoms with E-state index in [0.29, 0.717) is 0 Å². The minimum absolute atomic E-state index is 0. The van der Waals surface area contributed by atoms with E-state index in [1.165, 1.54) is 50.5 Å². The van der Waals surface area contributed by atoms with Crippen molar-refractivity contribution >= 4 is 17.0 Å². The van der Waals surface area contributed by atoms with E-state index in [2.05, 4.69) is 91.6 Å². The second-order valence-corrected chi connectivity index (χ2v) is 13.1. The number of benzene rings is 1. The topological polar surface area (TPSA) is 0 Å². The molecule has 0 N–H and O–H groups in total. The van der Waals surface area contributed by atoms with Gasteiger partial charge in [0.25, 0.3) is 0 Å². The van der Waals surface area contributed by atoms with Crippen molar-refractivity contribution in [2.45, 2.75) is 44.9 Å². The van der Waals surface area contributed by atoms with E-state index >= 15 is 0 Å². The van der Waals surface area contributed by atoms with Crippen LogP contribution in [0.5, 0.6) is 0 Å². The first kappa shape index (κ1) is 31.4. The Morgan fingerprint density at radius 2 is 1.38 bits per heavy atom. The zero-order valence-electron chi connectivity index (χ0n) is 21.0. The van der Waals surface area contributed by atoms with Crippen LogP contribution < -0.4 is 0 Å². The summed E-state index contributed by atoms with van der Waals surface area (Å²) in [6.07, 6.45) is 29.8. The van der Waals surface area contributed by atoms with Gasteiger partial charge in [-0.1, -0.05) is 85.0 Å². The summed E-state index contributed by atoms with van der Waals surface area (Å²) in [7, 11) is 9.87. The van der Waals surface area contributed by atoms with Gasteiger partial charge in [-0.05, 0) is 86.0 Å². The molecule has 184 valence electrons. The fraction of sp³-hybridized carbons (Fsp3) is 0.419. The standard InChI is InChI=1S/C17H20.C12H16.2CH3.2ClH.Zr/c1-2-6-14(7-3-1)10-11-15-12-16-8-4-5-9-17(16)13-15;1-2-5-10-8-9-11-6-3-4-7-12(10)11;;;;;/h1-9,15-17H,10-13H2;2-4,6-7,10-12H,1,5,8-9H2;2*1H3;2*1H;/q;;2*-1;;;+4/p-2. The van der Waals surface area contributed by atoms with Crippen LogP contribution in [0.25, 0.3) is 0 Å². The summed E-state index contributed by atoms with van der Waals surface area (Å²) >= 11 is -0.826. The average Bonchev–Trinajstić information content (AvgIpc) is 3.44. The molecule has 0 aromatic heterocycles. The quantitative estimate of drug-likeness (QED) is 0.242. The maximum atomic E-state index is 4.93. The number of rotatable bonds is 5. The Morgan fingerprint density at radius 1 is 0.824 bits per heavy atom. The molecule has 0 radical (unpaired) electrons. The maximum absolute atomic E-state index is 4.93. The van der Waals surface area contributed by atoms with Crippen LogP contribution in [0.15, 0.2) is 91.6 Å². The molecule has 0 heterocycles. The van der Waals surface area contributed by atoms with E-state index in [-0.39, 0.29) is 14.9 Å². The van der Waals surface area contributed by atoms with E-state index < -0.39 is 20.8 Å². The molecule has 5 atom stereocenters. The summed E-state index contributed by atoms with van der Waals surface area (Å²) in [5.41, 5.74) is 1.49. The minimum atomic E-state index is -0.826. The van der Waals surface area contributed by atoms with Gasteiger partial charge in [-0.25, -0.2) is 0 Å². The van der Waals surface area contributed by atoms with Crippen LogP contribution in [-0.2, 0) is 27.3 Å². The third kappa shape index (κ3) is 9.80. The van der Waals surface area contributed by atoms with Crippen LogP contribution >= 0.6 is 17.0 Å². The molecule has 34 heavy (non-hydrogen) atoms. The molecule has 4 aliphatic rings. The molecule has 0 nitrogen and oxygen atoms in total. The van der Waals surface area contributed by atoms with Crippen LogP contribution in [0.3, 0.4) is 0 Å². The number of allylic oxidation sites excluding steroid dienone is 9. The Kier molecular flexibility index (Phi) is 16.4. The SMILES string of the molecule is C1=CC2CC(CCc3ccccc3)CC2C=C1.C=CCC1CCC2C=CC=CC21.[CH3-].[CH3-].[Cl][Zr+2][Cl]. The Balaban J connectivity index is 0.000000301. The number of hydrogen-bond acceptors (Lipinski definition) is 0. The molecule has 3 heteroatoms.